The van der Waals surface area contributed by atoms with E-state index in [0.29, 0.717) is 0 Å². The average Bonchev–Trinajstić information content (AvgIpc) is 1.54. The predicted molar refractivity (Wildman–Crippen MR) is 365 cm³/mol. The van der Waals surface area contributed by atoms with Gasteiger partial charge in [0.15, 0.2) is 0 Å². The van der Waals surface area contributed by atoms with Gasteiger partial charge in [-0.05, 0) is 170 Å². The van der Waals surface area contributed by atoms with Crippen LogP contribution in [0.15, 0.2) is 291 Å². The molecule has 0 bridgehead atoms. The van der Waals surface area contributed by atoms with Crippen molar-refractivity contribution in [2.24, 2.45) is 0 Å². The minimum Gasteiger partial charge on any atom is -0.309 e. The van der Waals surface area contributed by atoms with E-state index in [1.54, 1.807) is 0 Å². The molecule has 87 heavy (non-hydrogen) atoms. The summed E-state index contributed by atoms with van der Waals surface area (Å²) in [6, 6.07) is 111. The molecule has 2 heteroatoms. The standard InChI is InChI=1S/C85H60N2/c1-83(2)72-45-19-21-49-76(72)86(54-28-7-5-8-29-54)81-63(40-25-47-74(81)83)57-36-23-38-61-66(57)52-67-58(64-41-26-48-75-82(64)87(55-30-9-6-10-31-55)77-50-22-20-46-73(77)84(75,3)4)37-24-39-62(67)78(61)68-51-53-27-11-12-32-56(53)79-65-35-15-18-44-71(65)85(80(68)79)69-42-16-13-33-59(69)60-34-14-17-43-70(60)85/h5-52H,1-4H3. The van der Waals surface area contributed by atoms with Crippen molar-refractivity contribution in [3.05, 3.63) is 336 Å². The van der Waals surface area contributed by atoms with Gasteiger partial charge in [-0.1, -0.05) is 270 Å². The summed E-state index contributed by atoms with van der Waals surface area (Å²) in [6.07, 6.45) is 0. The number of fused-ring (bicyclic) bond motifs is 18. The smallest absolute Gasteiger partial charge is 0.0731 e. The minimum atomic E-state index is -0.622. The third kappa shape index (κ3) is 6.65. The van der Waals surface area contributed by atoms with Crippen molar-refractivity contribution in [1.29, 1.82) is 0 Å². The highest BCUT2D eigenvalue weighted by Gasteiger charge is 2.53. The van der Waals surface area contributed by atoms with Gasteiger partial charge in [-0.15, -0.1) is 0 Å². The van der Waals surface area contributed by atoms with Crippen LogP contribution in [0.1, 0.15) is 72.2 Å². The van der Waals surface area contributed by atoms with Crippen LogP contribution in [0, 0.1) is 0 Å². The summed E-state index contributed by atoms with van der Waals surface area (Å²) in [5.74, 6) is 0. The molecule has 14 aromatic carbocycles. The van der Waals surface area contributed by atoms with Crippen molar-refractivity contribution in [2.45, 2.75) is 43.9 Å². The Morgan fingerprint density at radius 3 is 1.13 bits per heavy atom. The number of para-hydroxylation sites is 6. The van der Waals surface area contributed by atoms with Crippen molar-refractivity contribution in [1.82, 2.24) is 0 Å². The molecule has 0 radical (unpaired) electrons. The van der Waals surface area contributed by atoms with Gasteiger partial charge in [0.2, 0.25) is 0 Å². The maximum Gasteiger partial charge on any atom is 0.0731 e. The van der Waals surface area contributed by atoms with Crippen molar-refractivity contribution < 1.29 is 0 Å². The lowest BCUT2D eigenvalue weighted by Crippen LogP contribution is -2.31. The second-order valence-electron chi connectivity index (χ2n) is 25.4. The molecule has 0 fully saturated rings. The Morgan fingerprint density at radius 2 is 0.609 bits per heavy atom. The van der Waals surface area contributed by atoms with Crippen LogP contribution in [-0.2, 0) is 16.2 Å². The molecule has 4 aliphatic rings. The summed E-state index contributed by atoms with van der Waals surface area (Å²) in [4.78, 5) is 5.08. The molecule has 2 aliphatic heterocycles. The van der Waals surface area contributed by atoms with Crippen LogP contribution in [0.4, 0.5) is 34.1 Å². The van der Waals surface area contributed by atoms with E-state index in [9.17, 15) is 0 Å². The van der Waals surface area contributed by atoms with Gasteiger partial charge in [-0.3, -0.25) is 0 Å². The van der Waals surface area contributed by atoms with Crippen molar-refractivity contribution >= 4 is 66.4 Å². The molecule has 2 heterocycles. The first-order valence-corrected chi connectivity index (χ1v) is 30.8. The van der Waals surface area contributed by atoms with Crippen LogP contribution < -0.4 is 9.80 Å². The molecule has 1 spiro atoms. The van der Waals surface area contributed by atoms with Crippen molar-refractivity contribution in [2.75, 3.05) is 9.80 Å². The molecule has 0 saturated carbocycles. The lowest BCUT2D eigenvalue weighted by Gasteiger charge is -2.43. The zero-order valence-corrected chi connectivity index (χ0v) is 49.1. The van der Waals surface area contributed by atoms with Crippen LogP contribution in [0.5, 0.6) is 0 Å². The quantitative estimate of drug-likeness (QED) is 0.159. The number of rotatable bonds is 5. The molecule has 14 aromatic rings. The molecule has 0 saturated heterocycles. The Morgan fingerprint density at radius 1 is 0.241 bits per heavy atom. The molecule has 2 aliphatic carbocycles. The van der Waals surface area contributed by atoms with Gasteiger partial charge in [0, 0.05) is 33.3 Å². The molecule has 0 N–H and O–H groups in total. The number of hydrogen-bond acceptors (Lipinski definition) is 2. The maximum atomic E-state index is 2.58. The Balaban J connectivity index is 1.02. The third-order valence-corrected chi connectivity index (χ3v) is 20.4. The summed E-state index contributed by atoms with van der Waals surface area (Å²) in [5.41, 5.74) is 29.0. The Labute approximate surface area is 508 Å². The summed E-state index contributed by atoms with van der Waals surface area (Å²) < 4.78 is 0. The molecule has 0 amide bonds. The molecule has 18 rings (SSSR count). The van der Waals surface area contributed by atoms with E-state index < -0.39 is 5.41 Å². The fourth-order valence-corrected chi connectivity index (χ4v) is 16.7. The van der Waals surface area contributed by atoms with Gasteiger partial charge in [0.05, 0.1) is 28.2 Å². The van der Waals surface area contributed by atoms with Crippen LogP contribution >= 0.6 is 0 Å². The largest absolute Gasteiger partial charge is 0.309 e. The van der Waals surface area contributed by atoms with Gasteiger partial charge in [0.25, 0.3) is 0 Å². The van der Waals surface area contributed by atoms with Crippen LogP contribution in [0.2, 0.25) is 0 Å². The van der Waals surface area contributed by atoms with E-state index in [-0.39, 0.29) is 10.8 Å². The highest BCUT2D eigenvalue weighted by atomic mass is 15.2. The monoisotopic (exact) mass is 1110 g/mol. The van der Waals surface area contributed by atoms with Crippen molar-refractivity contribution in [3.8, 4) is 55.6 Å². The van der Waals surface area contributed by atoms with Gasteiger partial charge in [-0.2, -0.15) is 0 Å². The third-order valence-electron chi connectivity index (χ3n) is 20.4. The zero-order valence-electron chi connectivity index (χ0n) is 49.1. The van der Waals surface area contributed by atoms with Gasteiger partial charge in [-0.25, -0.2) is 0 Å². The van der Waals surface area contributed by atoms with Crippen LogP contribution in [-0.4, -0.2) is 0 Å². The summed E-state index contributed by atoms with van der Waals surface area (Å²) in [7, 11) is 0. The highest BCUT2D eigenvalue weighted by Crippen LogP contribution is 2.67. The second-order valence-corrected chi connectivity index (χ2v) is 25.4. The first-order chi connectivity index (χ1) is 42.7. The molecule has 0 atom stereocenters. The molecule has 0 unspecified atom stereocenters. The van der Waals surface area contributed by atoms with E-state index in [0.717, 1.165) is 11.4 Å². The Bertz CT molecular complexity index is 4980. The lowest BCUT2D eigenvalue weighted by molar-refractivity contribution is 0.632. The molecule has 410 valence electrons. The van der Waals surface area contributed by atoms with Crippen molar-refractivity contribution in [3.63, 3.8) is 0 Å². The summed E-state index contributed by atoms with van der Waals surface area (Å²) in [6.45, 7) is 9.63. The van der Waals surface area contributed by atoms with Crippen LogP contribution in [0.25, 0.3) is 88.0 Å². The number of anilines is 6. The Kier molecular flexibility index (Phi) is 10.4. The molecular formula is C85H60N2. The SMILES string of the molecule is CC1(C)c2ccccc2N(c2ccccc2)c2c(-c3cccc4c(-c5cc6ccccc6c6c5C5(c7ccccc7-c7ccccc75)c5ccccc5-6)c5cccc(-c6cccc7c6N(c6ccccc6)c6ccccc6C7(C)C)c5cc34)cccc21. The summed E-state index contributed by atoms with van der Waals surface area (Å²) in [5, 5.41) is 7.35. The number of benzene rings is 14. The Hall–Kier alpha value is -10.5. The zero-order chi connectivity index (χ0) is 57.9. The van der Waals surface area contributed by atoms with E-state index in [2.05, 4.69) is 329 Å². The van der Waals surface area contributed by atoms with E-state index >= 15 is 0 Å². The summed E-state index contributed by atoms with van der Waals surface area (Å²) >= 11 is 0. The van der Waals surface area contributed by atoms with E-state index in [1.165, 1.54) is 155 Å². The lowest BCUT2D eigenvalue weighted by atomic mass is 9.68. The number of nitrogens with zero attached hydrogens (tertiary/aromatic N) is 2. The molecular weight excluding hydrogens is 1050 g/mol. The van der Waals surface area contributed by atoms with Gasteiger partial charge >= 0.3 is 0 Å². The fourth-order valence-electron chi connectivity index (χ4n) is 16.7. The van der Waals surface area contributed by atoms with Gasteiger partial charge < -0.3 is 9.80 Å². The average molecular weight is 1110 g/mol. The first kappa shape index (κ1) is 49.8. The maximum absolute atomic E-state index is 2.58. The number of hydrogen-bond donors (Lipinski definition) is 0. The fraction of sp³-hybridized carbons (Fsp3) is 0.0824. The normalized spacial score (nSPS) is 14.9. The second kappa shape index (κ2) is 18.2. The minimum absolute atomic E-state index is 0.297. The predicted octanol–water partition coefficient (Wildman–Crippen LogP) is 22.7. The molecule has 2 nitrogen and oxygen atoms in total. The van der Waals surface area contributed by atoms with E-state index in [1.807, 2.05) is 0 Å². The van der Waals surface area contributed by atoms with Crippen LogP contribution in [0.3, 0.4) is 0 Å². The van der Waals surface area contributed by atoms with E-state index in [4.69, 9.17) is 0 Å². The first-order valence-electron chi connectivity index (χ1n) is 30.8. The topological polar surface area (TPSA) is 6.48 Å². The molecule has 0 aromatic heterocycles. The highest BCUT2D eigenvalue weighted by molar-refractivity contribution is 6.23. The van der Waals surface area contributed by atoms with Gasteiger partial charge in [0.1, 0.15) is 0 Å².